The summed E-state index contributed by atoms with van der Waals surface area (Å²) >= 11 is 1.68. The van der Waals surface area contributed by atoms with Gasteiger partial charge in [0.1, 0.15) is 11.6 Å². The maximum atomic E-state index is 13.1. The first kappa shape index (κ1) is 14.0. The van der Waals surface area contributed by atoms with Gasteiger partial charge in [-0.3, -0.25) is 5.32 Å². The van der Waals surface area contributed by atoms with Crippen molar-refractivity contribution in [1.29, 1.82) is 0 Å². The second kappa shape index (κ2) is 6.20. The third-order valence-electron chi connectivity index (χ3n) is 3.41. The van der Waals surface area contributed by atoms with Gasteiger partial charge in [-0.2, -0.15) is 11.3 Å². The Morgan fingerprint density at radius 2 is 2.10 bits per heavy atom. The Bertz CT molecular complexity index is 689. The fourth-order valence-electron chi connectivity index (χ4n) is 2.28. The van der Waals surface area contributed by atoms with E-state index in [0.717, 1.165) is 17.9 Å². The van der Waals surface area contributed by atoms with E-state index in [1.165, 1.54) is 17.7 Å². The summed E-state index contributed by atoms with van der Waals surface area (Å²) in [5, 5.41) is 7.68. The van der Waals surface area contributed by atoms with Crippen LogP contribution >= 0.6 is 11.3 Å². The van der Waals surface area contributed by atoms with Gasteiger partial charge < -0.3 is 4.57 Å². The molecule has 0 fully saturated rings. The molecule has 1 unspecified atom stereocenters. The highest BCUT2D eigenvalue weighted by atomic mass is 32.1. The van der Waals surface area contributed by atoms with Crippen molar-refractivity contribution in [3.63, 3.8) is 0 Å². The lowest BCUT2D eigenvalue weighted by molar-refractivity contribution is 0.556. The maximum absolute atomic E-state index is 13.1. The molecule has 1 atom stereocenters. The van der Waals surface area contributed by atoms with Crippen LogP contribution in [0, 0.1) is 5.82 Å². The molecule has 2 heterocycles. The molecule has 0 aliphatic rings. The number of aromatic nitrogens is 2. The first-order valence-corrected chi connectivity index (χ1v) is 7.65. The monoisotopic (exact) mass is 301 g/mol. The van der Waals surface area contributed by atoms with Gasteiger partial charge >= 0.3 is 0 Å². The molecule has 0 bridgehead atoms. The van der Waals surface area contributed by atoms with Crippen molar-refractivity contribution in [2.75, 3.05) is 0 Å². The molecular formula is C16H16FN3S. The molecule has 0 saturated carbocycles. The number of hydrogen-bond donors (Lipinski definition) is 1. The van der Waals surface area contributed by atoms with Crippen molar-refractivity contribution in [1.82, 2.24) is 14.9 Å². The lowest BCUT2D eigenvalue weighted by Crippen LogP contribution is -2.24. The Hall–Kier alpha value is -1.98. The second-order valence-corrected chi connectivity index (χ2v) is 5.67. The molecule has 2 aromatic heterocycles. The molecule has 3 nitrogen and oxygen atoms in total. The molecule has 0 spiro atoms. The minimum Gasteiger partial charge on any atom is -0.336 e. The van der Waals surface area contributed by atoms with Crippen LogP contribution < -0.4 is 5.32 Å². The number of hydrogen-bond acceptors (Lipinski definition) is 3. The fourth-order valence-corrected chi connectivity index (χ4v) is 2.95. The second-order valence-electron chi connectivity index (χ2n) is 4.89. The molecule has 5 heteroatoms. The van der Waals surface area contributed by atoms with Crippen LogP contribution in [-0.2, 0) is 13.6 Å². The van der Waals surface area contributed by atoms with Crippen molar-refractivity contribution in [2.24, 2.45) is 7.05 Å². The number of halogens is 1. The molecule has 1 aromatic carbocycles. The molecule has 0 radical (unpaired) electrons. The Kier molecular flexibility index (Phi) is 4.13. The van der Waals surface area contributed by atoms with Crippen molar-refractivity contribution in [2.45, 2.75) is 12.6 Å². The fraction of sp³-hybridized carbons (Fsp3) is 0.188. The number of nitrogens with one attached hydrogen (secondary N) is 1. The van der Waals surface area contributed by atoms with Gasteiger partial charge in [-0.1, -0.05) is 12.1 Å². The highest BCUT2D eigenvalue weighted by molar-refractivity contribution is 7.07. The van der Waals surface area contributed by atoms with Crippen LogP contribution in [0.25, 0.3) is 0 Å². The van der Waals surface area contributed by atoms with Crippen molar-refractivity contribution < 1.29 is 4.39 Å². The van der Waals surface area contributed by atoms with Crippen LogP contribution in [0.4, 0.5) is 4.39 Å². The van der Waals surface area contributed by atoms with E-state index in [4.69, 9.17) is 0 Å². The lowest BCUT2D eigenvalue weighted by Gasteiger charge is -2.19. The number of benzene rings is 1. The summed E-state index contributed by atoms with van der Waals surface area (Å²) in [5.41, 5.74) is 2.24. The van der Waals surface area contributed by atoms with Gasteiger partial charge in [0.25, 0.3) is 0 Å². The summed E-state index contributed by atoms with van der Waals surface area (Å²) in [7, 11) is 1.96. The van der Waals surface area contributed by atoms with E-state index < -0.39 is 0 Å². The minimum absolute atomic E-state index is 0.0644. The Morgan fingerprint density at radius 3 is 2.71 bits per heavy atom. The van der Waals surface area contributed by atoms with E-state index in [2.05, 4.69) is 27.1 Å². The topological polar surface area (TPSA) is 29.9 Å². The van der Waals surface area contributed by atoms with E-state index in [0.29, 0.717) is 0 Å². The predicted octanol–water partition coefficient (Wildman–Crippen LogP) is 3.50. The summed E-state index contributed by atoms with van der Waals surface area (Å²) in [4.78, 5) is 4.42. The first-order valence-electron chi connectivity index (χ1n) is 6.71. The average molecular weight is 301 g/mol. The highest BCUT2D eigenvalue weighted by Gasteiger charge is 2.17. The number of rotatable bonds is 5. The van der Waals surface area contributed by atoms with Crippen molar-refractivity contribution in [3.05, 3.63) is 76.3 Å². The number of nitrogens with zero attached hydrogens (tertiary/aromatic N) is 2. The number of aryl methyl sites for hydroxylation is 1. The molecule has 0 aliphatic heterocycles. The van der Waals surface area contributed by atoms with Crippen molar-refractivity contribution in [3.8, 4) is 0 Å². The van der Waals surface area contributed by atoms with Gasteiger partial charge in [0.2, 0.25) is 0 Å². The van der Waals surface area contributed by atoms with Gasteiger partial charge in [-0.25, -0.2) is 9.37 Å². The third-order valence-corrected chi connectivity index (χ3v) is 4.14. The maximum Gasteiger partial charge on any atom is 0.130 e. The van der Waals surface area contributed by atoms with Gasteiger partial charge in [0, 0.05) is 26.0 Å². The van der Waals surface area contributed by atoms with Gasteiger partial charge in [0.05, 0.1) is 6.04 Å². The van der Waals surface area contributed by atoms with Crippen LogP contribution in [0.2, 0.25) is 0 Å². The quantitative estimate of drug-likeness (QED) is 0.781. The molecule has 108 valence electrons. The normalized spacial score (nSPS) is 12.5. The first-order chi connectivity index (χ1) is 10.2. The van der Waals surface area contributed by atoms with E-state index in [-0.39, 0.29) is 11.9 Å². The molecule has 3 aromatic rings. The van der Waals surface area contributed by atoms with E-state index in [9.17, 15) is 4.39 Å². The largest absolute Gasteiger partial charge is 0.336 e. The predicted molar refractivity (Wildman–Crippen MR) is 82.6 cm³/mol. The van der Waals surface area contributed by atoms with E-state index in [1.54, 1.807) is 29.7 Å². The Labute approximate surface area is 127 Å². The van der Waals surface area contributed by atoms with Crippen molar-refractivity contribution >= 4 is 11.3 Å². The molecule has 0 saturated heterocycles. The standard InChI is InChI=1S/C16H16FN3S/c1-20-8-7-18-16(20)15(13-2-4-14(17)5-3-13)19-10-12-6-9-21-11-12/h2-9,11,15,19H,10H2,1H3. The van der Waals surface area contributed by atoms with Gasteiger partial charge in [-0.15, -0.1) is 0 Å². The van der Waals surface area contributed by atoms with Crippen LogP contribution in [-0.4, -0.2) is 9.55 Å². The average Bonchev–Trinajstić information content (AvgIpc) is 3.13. The van der Waals surface area contributed by atoms with E-state index in [1.807, 2.05) is 17.8 Å². The van der Waals surface area contributed by atoms with Crippen LogP contribution in [0.1, 0.15) is 23.0 Å². The van der Waals surface area contributed by atoms with Crippen LogP contribution in [0.15, 0.2) is 53.5 Å². The summed E-state index contributed by atoms with van der Waals surface area (Å²) < 4.78 is 15.1. The number of thiophene rings is 1. The van der Waals surface area contributed by atoms with Gasteiger partial charge in [0.15, 0.2) is 0 Å². The van der Waals surface area contributed by atoms with Crippen LogP contribution in [0.5, 0.6) is 0 Å². The third kappa shape index (κ3) is 3.20. The summed E-state index contributed by atoms with van der Waals surface area (Å²) in [6, 6.07) is 8.60. The molecule has 0 aliphatic carbocycles. The Morgan fingerprint density at radius 1 is 1.29 bits per heavy atom. The molecule has 21 heavy (non-hydrogen) atoms. The molecule has 1 N–H and O–H groups in total. The minimum atomic E-state index is -0.227. The van der Waals surface area contributed by atoms with Crippen LogP contribution in [0.3, 0.4) is 0 Å². The molecular weight excluding hydrogens is 285 g/mol. The zero-order valence-corrected chi connectivity index (χ0v) is 12.5. The zero-order valence-electron chi connectivity index (χ0n) is 11.7. The molecule has 3 rings (SSSR count). The zero-order chi connectivity index (χ0) is 14.7. The summed E-state index contributed by atoms with van der Waals surface area (Å²) in [5.74, 6) is 0.687. The smallest absolute Gasteiger partial charge is 0.130 e. The molecule has 0 amide bonds. The highest BCUT2D eigenvalue weighted by Crippen LogP contribution is 2.21. The van der Waals surface area contributed by atoms with E-state index >= 15 is 0 Å². The van der Waals surface area contributed by atoms with Gasteiger partial charge in [-0.05, 0) is 40.1 Å². The Balaban J connectivity index is 1.87. The number of imidazole rings is 1. The SMILES string of the molecule is Cn1ccnc1C(NCc1ccsc1)c1ccc(F)cc1. The summed E-state index contributed by atoms with van der Waals surface area (Å²) in [6.45, 7) is 0.748. The summed E-state index contributed by atoms with van der Waals surface area (Å²) in [6.07, 6.45) is 3.69. The lowest BCUT2D eigenvalue weighted by atomic mass is 10.1.